The molecule has 1 aromatic carbocycles. The molecular formula is C23H22N4O4. The maximum Gasteiger partial charge on any atom is 0.291 e. The van der Waals surface area contributed by atoms with Gasteiger partial charge in [0.1, 0.15) is 5.76 Å². The van der Waals surface area contributed by atoms with Crippen LogP contribution < -0.4 is 10.6 Å². The third-order valence-corrected chi connectivity index (χ3v) is 5.00. The Labute approximate surface area is 179 Å². The Balaban J connectivity index is 1.36. The van der Waals surface area contributed by atoms with Gasteiger partial charge in [-0.2, -0.15) is 0 Å². The van der Waals surface area contributed by atoms with E-state index in [0.29, 0.717) is 5.69 Å². The van der Waals surface area contributed by atoms with Crippen LogP contribution in [-0.2, 0) is 9.53 Å². The number of hydrogen-bond donors (Lipinski definition) is 2. The first-order chi connectivity index (χ1) is 15.0. The number of hydrogen-bond acceptors (Lipinski definition) is 5. The van der Waals surface area contributed by atoms with Crippen molar-refractivity contribution in [1.29, 1.82) is 0 Å². The summed E-state index contributed by atoms with van der Waals surface area (Å²) < 4.78 is 12.6. The summed E-state index contributed by atoms with van der Waals surface area (Å²) in [5.41, 5.74) is 1.55. The number of rotatable bonds is 6. The summed E-state index contributed by atoms with van der Waals surface area (Å²) in [6, 6.07) is 10.4. The van der Waals surface area contributed by atoms with Gasteiger partial charge in [-0.15, -0.1) is 0 Å². The zero-order valence-electron chi connectivity index (χ0n) is 17.1. The highest BCUT2D eigenvalue weighted by Gasteiger charge is 2.25. The number of allylic oxidation sites excluding steroid dienone is 2. The van der Waals surface area contributed by atoms with E-state index in [2.05, 4.69) is 15.6 Å². The minimum absolute atomic E-state index is 0.0250. The van der Waals surface area contributed by atoms with Gasteiger partial charge in [-0.25, -0.2) is 4.98 Å². The molecule has 2 aromatic heterocycles. The molecule has 1 aliphatic rings. The Hall–Kier alpha value is -4.07. The summed E-state index contributed by atoms with van der Waals surface area (Å²) in [6.07, 6.45) is 10.7. The average Bonchev–Trinajstić information content (AvgIpc) is 3.46. The van der Waals surface area contributed by atoms with Gasteiger partial charge in [0.05, 0.1) is 19.4 Å². The van der Waals surface area contributed by atoms with Gasteiger partial charge < -0.3 is 19.0 Å². The molecule has 0 aliphatic heterocycles. The third-order valence-electron chi connectivity index (χ3n) is 5.00. The second kappa shape index (κ2) is 8.74. The lowest BCUT2D eigenvalue weighted by molar-refractivity contribution is -0.119. The molecule has 4 rings (SSSR count). The minimum atomic E-state index is -0.408. The van der Waals surface area contributed by atoms with Crippen molar-refractivity contribution in [2.75, 3.05) is 17.7 Å². The van der Waals surface area contributed by atoms with Crippen molar-refractivity contribution in [3.63, 3.8) is 0 Å². The Morgan fingerprint density at radius 1 is 1.13 bits per heavy atom. The molecule has 0 saturated carbocycles. The fraction of sp³-hybridized carbons (Fsp3) is 0.174. The van der Waals surface area contributed by atoms with Crippen molar-refractivity contribution < 1.29 is 18.7 Å². The van der Waals surface area contributed by atoms with Crippen LogP contribution in [0.3, 0.4) is 0 Å². The Bertz CT molecular complexity index is 1130. The smallest absolute Gasteiger partial charge is 0.291 e. The molecule has 0 radical (unpaired) electrons. The van der Waals surface area contributed by atoms with Gasteiger partial charge in [0, 0.05) is 29.8 Å². The summed E-state index contributed by atoms with van der Waals surface area (Å²) in [7, 11) is 1.59. The van der Waals surface area contributed by atoms with Gasteiger partial charge in [0.25, 0.3) is 5.91 Å². The molecule has 31 heavy (non-hydrogen) atoms. The van der Waals surface area contributed by atoms with Crippen LogP contribution in [0.5, 0.6) is 0 Å². The topological polar surface area (TPSA) is 98.4 Å². The van der Waals surface area contributed by atoms with E-state index in [0.717, 1.165) is 11.4 Å². The van der Waals surface area contributed by atoms with E-state index >= 15 is 0 Å². The molecule has 2 atom stereocenters. The molecule has 8 heteroatoms. The quantitative estimate of drug-likeness (QED) is 0.630. The minimum Gasteiger partial charge on any atom is -0.497 e. The van der Waals surface area contributed by atoms with Crippen molar-refractivity contribution in [3.8, 4) is 5.69 Å². The summed E-state index contributed by atoms with van der Waals surface area (Å²) >= 11 is 0. The number of nitrogens with zero attached hydrogens (tertiary/aromatic N) is 2. The van der Waals surface area contributed by atoms with Crippen LogP contribution in [0.1, 0.15) is 17.5 Å². The number of carbonyl (C=O) groups excluding carboxylic acids is 2. The second-order valence-electron chi connectivity index (χ2n) is 7.14. The summed E-state index contributed by atoms with van der Waals surface area (Å²) in [5, 5.41) is 5.50. The maximum atomic E-state index is 12.6. The van der Waals surface area contributed by atoms with Crippen LogP contribution in [0, 0.1) is 11.8 Å². The zero-order valence-corrected chi connectivity index (χ0v) is 17.1. The monoisotopic (exact) mass is 418 g/mol. The molecule has 158 valence electrons. The van der Waals surface area contributed by atoms with E-state index in [4.69, 9.17) is 9.15 Å². The molecular weight excluding hydrogens is 396 g/mol. The average molecular weight is 418 g/mol. The van der Waals surface area contributed by atoms with Crippen molar-refractivity contribution in [2.45, 2.75) is 6.92 Å². The van der Waals surface area contributed by atoms with Gasteiger partial charge >= 0.3 is 0 Å². The molecule has 2 amide bonds. The number of methoxy groups -OCH3 is 1. The molecule has 2 unspecified atom stereocenters. The Morgan fingerprint density at radius 2 is 1.94 bits per heavy atom. The number of furan rings is 1. The largest absolute Gasteiger partial charge is 0.497 e. The molecule has 2 N–H and O–H groups in total. The lowest BCUT2D eigenvalue weighted by atomic mass is 9.88. The lowest BCUT2D eigenvalue weighted by Gasteiger charge is -2.21. The highest BCUT2D eigenvalue weighted by molar-refractivity contribution is 6.03. The Kier molecular flexibility index (Phi) is 5.70. The number of ether oxygens (including phenoxy) is 1. The van der Waals surface area contributed by atoms with Crippen LogP contribution >= 0.6 is 0 Å². The first-order valence-corrected chi connectivity index (χ1v) is 9.78. The van der Waals surface area contributed by atoms with Gasteiger partial charge in [0.15, 0.2) is 11.6 Å². The van der Waals surface area contributed by atoms with E-state index in [1.165, 1.54) is 6.07 Å². The molecule has 8 nitrogen and oxygen atoms in total. The molecule has 0 fully saturated rings. The molecule has 0 bridgehead atoms. The van der Waals surface area contributed by atoms with Crippen molar-refractivity contribution in [2.24, 2.45) is 11.8 Å². The Morgan fingerprint density at radius 3 is 2.61 bits per heavy atom. The zero-order chi connectivity index (χ0) is 21.8. The van der Waals surface area contributed by atoms with Gasteiger partial charge in [-0.3, -0.25) is 14.9 Å². The van der Waals surface area contributed by atoms with Crippen LogP contribution in [0.4, 0.5) is 11.6 Å². The highest BCUT2D eigenvalue weighted by atomic mass is 16.5. The summed E-state index contributed by atoms with van der Waals surface area (Å²) in [6.45, 7) is 1.94. The second-order valence-corrected chi connectivity index (χ2v) is 7.14. The van der Waals surface area contributed by atoms with Crippen LogP contribution in [0.25, 0.3) is 5.69 Å². The van der Waals surface area contributed by atoms with E-state index < -0.39 is 5.91 Å². The number of nitrogens with one attached hydrogen (secondary N) is 2. The van der Waals surface area contributed by atoms with E-state index in [1.54, 1.807) is 50.0 Å². The normalized spacial score (nSPS) is 17.7. The van der Waals surface area contributed by atoms with E-state index in [9.17, 15) is 9.59 Å². The van der Waals surface area contributed by atoms with E-state index in [1.807, 2.05) is 35.9 Å². The van der Waals surface area contributed by atoms with Gasteiger partial charge in [-0.1, -0.05) is 13.0 Å². The van der Waals surface area contributed by atoms with Crippen LogP contribution in [-0.4, -0.2) is 28.5 Å². The van der Waals surface area contributed by atoms with Crippen molar-refractivity contribution in [3.05, 3.63) is 84.9 Å². The third kappa shape index (κ3) is 4.58. The SMILES string of the molecule is COC1=CC(C)C(C(=O)Nc2ccc(C(=O)Nc3ccc(-n4ccnc4)cc3)o2)C=C1. The number of imidazole rings is 1. The number of anilines is 2. The van der Waals surface area contributed by atoms with Crippen molar-refractivity contribution in [1.82, 2.24) is 9.55 Å². The fourth-order valence-electron chi connectivity index (χ4n) is 3.31. The van der Waals surface area contributed by atoms with Crippen LogP contribution in [0.2, 0.25) is 0 Å². The summed E-state index contributed by atoms with van der Waals surface area (Å²) in [4.78, 5) is 29.1. The van der Waals surface area contributed by atoms with Crippen molar-refractivity contribution >= 4 is 23.4 Å². The van der Waals surface area contributed by atoms with Gasteiger partial charge in [0.2, 0.25) is 5.91 Å². The summed E-state index contributed by atoms with van der Waals surface area (Å²) in [5.74, 6) is 0.0429. The standard InChI is InChI=1S/C23H22N4O4/c1-15-13-18(30-2)7-8-19(15)22(28)26-21-10-9-20(31-21)23(29)25-16-3-5-17(6-4-16)27-12-11-24-14-27/h3-15,19H,1-2H3,(H,25,29)(H,26,28). The number of aromatic nitrogens is 2. The number of benzene rings is 1. The highest BCUT2D eigenvalue weighted by Crippen LogP contribution is 2.25. The first-order valence-electron chi connectivity index (χ1n) is 9.78. The van der Waals surface area contributed by atoms with Crippen LogP contribution in [0.15, 0.2) is 83.5 Å². The molecule has 2 heterocycles. The van der Waals surface area contributed by atoms with Gasteiger partial charge in [-0.05, 0) is 48.4 Å². The maximum absolute atomic E-state index is 12.6. The van der Waals surface area contributed by atoms with E-state index in [-0.39, 0.29) is 29.4 Å². The predicted octanol–water partition coefficient (Wildman–Crippen LogP) is 4.01. The molecule has 3 aromatic rings. The molecule has 1 aliphatic carbocycles. The lowest BCUT2D eigenvalue weighted by Crippen LogP contribution is -2.27. The number of carbonyl (C=O) groups is 2. The fourth-order valence-corrected chi connectivity index (χ4v) is 3.31. The molecule has 0 saturated heterocycles. The first kappa shape index (κ1) is 20.2. The number of amides is 2. The predicted molar refractivity (Wildman–Crippen MR) is 116 cm³/mol. The molecule has 0 spiro atoms.